The molecule has 2 rings (SSSR count). The van der Waals surface area contributed by atoms with Gasteiger partial charge in [-0.1, -0.05) is 29.9 Å². The number of anilines is 2. The molecule has 2 aromatic rings. The summed E-state index contributed by atoms with van der Waals surface area (Å²) in [5.74, 6) is 0.768. The van der Waals surface area contributed by atoms with E-state index in [9.17, 15) is 0 Å². The summed E-state index contributed by atoms with van der Waals surface area (Å²) in [6.45, 7) is 0. The van der Waals surface area contributed by atoms with Crippen molar-refractivity contribution in [3.8, 4) is 5.75 Å². The fourth-order valence-electron chi connectivity index (χ4n) is 1.69. The van der Waals surface area contributed by atoms with E-state index in [1.165, 1.54) is 0 Å². The SMILES string of the molecule is COc1cccc(Nc2cc(Cl)ccc2C(N)=S)c1. The van der Waals surface area contributed by atoms with Gasteiger partial charge in [0.2, 0.25) is 0 Å². The Morgan fingerprint density at radius 1 is 1.26 bits per heavy atom. The molecular weight excluding hydrogens is 280 g/mol. The first-order valence-corrected chi connectivity index (χ1v) is 6.39. The van der Waals surface area contributed by atoms with Crippen molar-refractivity contribution in [3.63, 3.8) is 0 Å². The topological polar surface area (TPSA) is 47.3 Å². The second-order valence-electron chi connectivity index (χ2n) is 3.91. The van der Waals surface area contributed by atoms with Crippen LogP contribution in [0.15, 0.2) is 42.5 Å². The van der Waals surface area contributed by atoms with E-state index in [1.54, 1.807) is 25.3 Å². The molecular formula is C14H13ClN2OS. The van der Waals surface area contributed by atoms with Crippen molar-refractivity contribution in [2.24, 2.45) is 5.73 Å². The summed E-state index contributed by atoms with van der Waals surface area (Å²) in [6, 6.07) is 12.9. The minimum atomic E-state index is 0.321. The third kappa shape index (κ3) is 3.36. The number of hydrogen-bond acceptors (Lipinski definition) is 3. The molecule has 0 bridgehead atoms. The van der Waals surface area contributed by atoms with Gasteiger partial charge in [-0.15, -0.1) is 0 Å². The van der Waals surface area contributed by atoms with Crippen LogP contribution in [-0.4, -0.2) is 12.1 Å². The lowest BCUT2D eigenvalue weighted by Crippen LogP contribution is -2.11. The van der Waals surface area contributed by atoms with Gasteiger partial charge in [0, 0.05) is 22.3 Å². The van der Waals surface area contributed by atoms with Crippen LogP contribution in [0, 0.1) is 0 Å². The van der Waals surface area contributed by atoms with Crippen LogP contribution in [0.5, 0.6) is 5.75 Å². The Labute approximate surface area is 122 Å². The molecule has 0 saturated heterocycles. The zero-order valence-corrected chi connectivity index (χ0v) is 11.9. The average Bonchev–Trinajstić information content (AvgIpc) is 2.38. The Morgan fingerprint density at radius 3 is 2.74 bits per heavy atom. The molecule has 0 aliphatic heterocycles. The van der Waals surface area contributed by atoms with E-state index in [0.29, 0.717) is 10.0 Å². The molecule has 19 heavy (non-hydrogen) atoms. The lowest BCUT2D eigenvalue weighted by molar-refractivity contribution is 0.415. The van der Waals surface area contributed by atoms with E-state index >= 15 is 0 Å². The van der Waals surface area contributed by atoms with Gasteiger partial charge >= 0.3 is 0 Å². The molecule has 0 amide bonds. The molecule has 0 aromatic heterocycles. The number of rotatable bonds is 4. The second-order valence-corrected chi connectivity index (χ2v) is 4.79. The molecule has 0 saturated carbocycles. The number of hydrogen-bond donors (Lipinski definition) is 2. The second kappa shape index (κ2) is 5.91. The van der Waals surface area contributed by atoms with Gasteiger partial charge < -0.3 is 15.8 Å². The summed E-state index contributed by atoms with van der Waals surface area (Å²) >= 11 is 11.0. The standard InChI is InChI=1S/C14H13ClN2OS/c1-18-11-4-2-3-10(8-11)17-13-7-9(15)5-6-12(13)14(16)19/h2-8,17H,1H3,(H2,16,19). The molecule has 3 N–H and O–H groups in total. The molecule has 3 nitrogen and oxygen atoms in total. The Balaban J connectivity index is 2.36. The Morgan fingerprint density at radius 2 is 2.05 bits per heavy atom. The Hall–Kier alpha value is -1.78. The predicted molar refractivity (Wildman–Crippen MR) is 83.6 cm³/mol. The predicted octanol–water partition coefficient (Wildman–Crippen LogP) is 3.73. The van der Waals surface area contributed by atoms with E-state index in [2.05, 4.69) is 5.32 Å². The number of benzene rings is 2. The number of nitrogens with one attached hydrogen (secondary N) is 1. The van der Waals surface area contributed by atoms with E-state index in [0.717, 1.165) is 22.7 Å². The van der Waals surface area contributed by atoms with Gasteiger partial charge in [0.1, 0.15) is 10.7 Å². The summed E-state index contributed by atoms with van der Waals surface area (Å²) in [4.78, 5) is 0.321. The quantitative estimate of drug-likeness (QED) is 0.843. The number of nitrogens with two attached hydrogens (primary N) is 1. The maximum atomic E-state index is 6.00. The Kier molecular flexibility index (Phi) is 4.24. The summed E-state index contributed by atoms with van der Waals surface area (Å²) in [5, 5.41) is 3.85. The first-order chi connectivity index (χ1) is 9.10. The largest absolute Gasteiger partial charge is 0.497 e. The molecule has 2 aromatic carbocycles. The van der Waals surface area contributed by atoms with Crippen molar-refractivity contribution < 1.29 is 4.74 Å². The maximum Gasteiger partial charge on any atom is 0.120 e. The van der Waals surface area contributed by atoms with Gasteiger partial charge in [-0.3, -0.25) is 0 Å². The van der Waals surface area contributed by atoms with Crippen LogP contribution in [0.3, 0.4) is 0 Å². The van der Waals surface area contributed by atoms with Crippen LogP contribution in [0.4, 0.5) is 11.4 Å². The van der Waals surface area contributed by atoms with E-state index < -0.39 is 0 Å². The number of halogens is 1. The number of methoxy groups -OCH3 is 1. The highest BCUT2D eigenvalue weighted by Gasteiger charge is 2.07. The molecule has 0 atom stereocenters. The van der Waals surface area contributed by atoms with Crippen LogP contribution in [0.2, 0.25) is 5.02 Å². The Bertz CT molecular complexity index is 616. The van der Waals surface area contributed by atoms with Crippen molar-refractivity contribution in [2.75, 3.05) is 12.4 Å². The van der Waals surface area contributed by atoms with Crippen LogP contribution in [0.25, 0.3) is 0 Å². The third-order valence-electron chi connectivity index (χ3n) is 2.60. The first-order valence-electron chi connectivity index (χ1n) is 5.60. The smallest absolute Gasteiger partial charge is 0.120 e. The molecule has 0 aliphatic carbocycles. The fourth-order valence-corrected chi connectivity index (χ4v) is 2.04. The van der Waals surface area contributed by atoms with Crippen molar-refractivity contribution in [2.45, 2.75) is 0 Å². The minimum absolute atomic E-state index is 0.321. The maximum absolute atomic E-state index is 6.00. The zero-order valence-electron chi connectivity index (χ0n) is 10.3. The molecule has 98 valence electrons. The van der Waals surface area contributed by atoms with Crippen molar-refractivity contribution in [1.82, 2.24) is 0 Å². The average molecular weight is 293 g/mol. The van der Waals surface area contributed by atoms with E-state index in [-0.39, 0.29) is 0 Å². The highest BCUT2D eigenvalue weighted by atomic mass is 35.5. The summed E-state index contributed by atoms with van der Waals surface area (Å²) in [5.41, 5.74) is 8.10. The molecule has 5 heteroatoms. The van der Waals surface area contributed by atoms with Gasteiger partial charge in [-0.05, 0) is 30.3 Å². The van der Waals surface area contributed by atoms with Crippen molar-refractivity contribution >= 4 is 40.2 Å². The summed E-state index contributed by atoms with van der Waals surface area (Å²) in [6.07, 6.45) is 0. The first kappa shape index (κ1) is 13.6. The van der Waals surface area contributed by atoms with Gasteiger partial charge in [0.15, 0.2) is 0 Å². The molecule has 0 unspecified atom stereocenters. The molecule has 0 spiro atoms. The molecule has 0 fully saturated rings. The number of thiocarbonyl (C=S) groups is 1. The highest BCUT2D eigenvalue weighted by Crippen LogP contribution is 2.26. The third-order valence-corrected chi connectivity index (χ3v) is 3.05. The van der Waals surface area contributed by atoms with Crippen molar-refractivity contribution in [3.05, 3.63) is 53.1 Å². The lowest BCUT2D eigenvalue weighted by Gasteiger charge is -2.12. The van der Waals surface area contributed by atoms with E-state index in [1.807, 2.05) is 24.3 Å². The van der Waals surface area contributed by atoms with Gasteiger partial charge in [-0.2, -0.15) is 0 Å². The fraction of sp³-hybridized carbons (Fsp3) is 0.0714. The van der Waals surface area contributed by atoms with E-state index in [4.69, 9.17) is 34.3 Å². The summed E-state index contributed by atoms with van der Waals surface area (Å²) in [7, 11) is 1.62. The highest BCUT2D eigenvalue weighted by molar-refractivity contribution is 7.80. The van der Waals surface area contributed by atoms with Crippen LogP contribution in [-0.2, 0) is 0 Å². The van der Waals surface area contributed by atoms with Crippen molar-refractivity contribution in [1.29, 1.82) is 0 Å². The van der Waals surface area contributed by atoms with Gasteiger partial charge in [0.25, 0.3) is 0 Å². The zero-order chi connectivity index (χ0) is 13.8. The minimum Gasteiger partial charge on any atom is -0.497 e. The van der Waals surface area contributed by atoms with Crippen LogP contribution in [0.1, 0.15) is 5.56 Å². The number of ether oxygens (including phenoxy) is 1. The van der Waals surface area contributed by atoms with Gasteiger partial charge in [0.05, 0.1) is 12.8 Å². The lowest BCUT2D eigenvalue weighted by atomic mass is 10.1. The monoisotopic (exact) mass is 292 g/mol. The van der Waals surface area contributed by atoms with Crippen LogP contribution >= 0.6 is 23.8 Å². The van der Waals surface area contributed by atoms with Gasteiger partial charge in [-0.25, -0.2) is 0 Å². The normalized spacial score (nSPS) is 10.0. The molecule has 0 radical (unpaired) electrons. The van der Waals surface area contributed by atoms with Crippen LogP contribution < -0.4 is 15.8 Å². The molecule has 0 heterocycles. The molecule has 0 aliphatic rings. The summed E-state index contributed by atoms with van der Waals surface area (Å²) < 4.78 is 5.18.